The van der Waals surface area contributed by atoms with Crippen molar-refractivity contribution in [2.45, 2.75) is 13.5 Å². The molecule has 0 spiro atoms. The minimum atomic E-state index is -0.432. The Kier molecular flexibility index (Phi) is 3.46. The lowest BCUT2D eigenvalue weighted by Crippen LogP contribution is -2.00. The third-order valence-electron chi connectivity index (χ3n) is 2.53. The maximum atomic E-state index is 13.6. The first kappa shape index (κ1) is 12.4. The predicted molar refractivity (Wildman–Crippen MR) is 66.3 cm³/mol. The summed E-state index contributed by atoms with van der Waals surface area (Å²) in [7, 11) is 0. The lowest BCUT2D eigenvalue weighted by atomic mass is 10.2. The predicted octanol–water partition coefficient (Wildman–Crippen LogP) is 3.43. The molecule has 0 unspecified atom stereocenters. The molecule has 2 nitrogen and oxygen atoms in total. The summed E-state index contributed by atoms with van der Waals surface area (Å²) in [5.74, 6) is -0.682. The van der Waals surface area contributed by atoms with Crippen LogP contribution in [0.1, 0.15) is 11.1 Å². The van der Waals surface area contributed by atoms with Gasteiger partial charge in [-0.25, -0.2) is 8.78 Å². The molecule has 0 radical (unpaired) electrons. The summed E-state index contributed by atoms with van der Waals surface area (Å²) >= 11 is 0. The first-order valence-electron chi connectivity index (χ1n) is 5.49. The molecular formula is C14H13F2NO. The van der Waals surface area contributed by atoms with Gasteiger partial charge < -0.3 is 10.5 Å². The minimum absolute atomic E-state index is 0.0718. The Labute approximate surface area is 104 Å². The van der Waals surface area contributed by atoms with Crippen molar-refractivity contribution in [1.29, 1.82) is 0 Å². The Morgan fingerprint density at radius 3 is 2.67 bits per heavy atom. The molecule has 0 aromatic heterocycles. The van der Waals surface area contributed by atoms with Crippen molar-refractivity contribution in [2.75, 3.05) is 5.73 Å². The van der Waals surface area contributed by atoms with Gasteiger partial charge in [-0.3, -0.25) is 0 Å². The smallest absolute Gasteiger partial charge is 0.167 e. The number of rotatable bonds is 3. The van der Waals surface area contributed by atoms with Crippen LogP contribution in [0.15, 0.2) is 36.4 Å². The molecule has 0 saturated carbocycles. The molecule has 2 aromatic rings. The fourth-order valence-corrected chi connectivity index (χ4v) is 1.65. The highest BCUT2D eigenvalue weighted by atomic mass is 19.1. The van der Waals surface area contributed by atoms with Gasteiger partial charge in [0.15, 0.2) is 11.6 Å². The molecule has 18 heavy (non-hydrogen) atoms. The fourth-order valence-electron chi connectivity index (χ4n) is 1.65. The van der Waals surface area contributed by atoms with E-state index in [0.29, 0.717) is 16.8 Å². The third kappa shape index (κ3) is 2.77. The Bertz CT molecular complexity index is 549. The van der Waals surface area contributed by atoms with Gasteiger partial charge in [0.2, 0.25) is 0 Å². The summed E-state index contributed by atoms with van der Waals surface area (Å²) in [5, 5.41) is 0. The Hall–Kier alpha value is -2.10. The number of nitrogen functional groups attached to an aromatic ring is 1. The SMILES string of the molecule is Cc1cccc(OCc2cc(N)cc(F)c2)c1F. The van der Waals surface area contributed by atoms with E-state index in [-0.39, 0.29) is 12.4 Å². The first-order chi connectivity index (χ1) is 8.56. The normalized spacial score (nSPS) is 10.4. The van der Waals surface area contributed by atoms with Crippen LogP contribution in [0.5, 0.6) is 5.75 Å². The molecule has 0 amide bonds. The molecule has 0 heterocycles. The summed E-state index contributed by atoms with van der Waals surface area (Å²) < 4.78 is 32.0. The number of benzene rings is 2. The van der Waals surface area contributed by atoms with Crippen LogP contribution in [0.25, 0.3) is 0 Å². The average molecular weight is 249 g/mol. The first-order valence-corrected chi connectivity index (χ1v) is 5.49. The van der Waals surface area contributed by atoms with Gasteiger partial charge in [0, 0.05) is 5.69 Å². The molecule has 2 rings (SSSR count). The molecule has 2 aromatic carbocycles. The summed E-state index contributed by atoms with van der Waals surface area (Å²) in [6.07, 6.45) is 0. The van der Waals surface area contributed by atoms with Crippen LogP contribution < -0.4 is 10.5 Å². The van der Waals surface area contributed by atoms with Crippen LogP contribution in [0.3, 0.4) is 0 Å². The zero-order valence-electron chi connectivity index (χ0n) is 9.91. The molecule has 0 atom stereocenters. The van der Waals surface area contributed by atoms with Crippen molar-refractivity contribution in [3.8, 4) is 5.75 Å². The summed E-state index contributed by atoms with van der Waals surface area (Å²) in [4.78, 5) is 0. The lowest BCUT2D eigenvalue weighted by molar-refractivity contribution is 0.289. The lowest BCUT2D eigenvalue weighted by Gasteiger charge is -2.09. The summed E-state index contributed by atoms with van der Waals surface area (Å²) in [5.41, 5.74) is 6.90. The van der Waals surface area contributed by atoms with Crippen LogP contribution in [0.4, 0.5) is 14.5 Å². The van der Waals surface area contributed by atoms with Gasteiger partial charge in [-0.1, -0.05) is 12.1 Å². The van der Waals surface area contributed by atoms with E-state index in [1.54, 1.807) is 25.1 Å². The van der Waals surface area contributed by atoms with E-state index in [1.165, 1.54) is 18.2 Å². The molecule has 0 aliphatic rings. The van der Waals surface area contributed by atoms with Crippen LogP contribution in [-0.2, 0) is 6.61 Å². The summed E-state index contributed by atoms with van der Waals surface area (Å²) in [6.45, 7) is 1.73. The van der Waals surface area contributed by atoms with Crippen LogP contribution >= 0.6 is 0 Å². The highest BCUT2D eigenvalue weighted by Gasteiger charge is 2.06. The second-order valence-corrected chi connectivity index (χ2v) is 4.07. The van der Waals surface area contributed by atoms with Gasteiger partial charge in [0.05, 0.1) is 0 Å². The van der Waals surface area contributed by atoms with Crippen molar-refractivity contribution < 1.29 is 13.5 Å². The van der Waals surface area contributed by atoms with Crippen LogP contribution in [0.2, 0.25) is 0 Å². The quantitative estimate of drug-likeness (QED) is 0.846. The fraction of sp³-hybridized carbons (Fsp3) is 0.143. The van der Waals surface area contributed by atoms with E-state index in [9.17, 15) is 8.78 Å². The largest absolute Gasteiger partial charge is 0.486 e. The van der Waals surface area contributed by atoms with Crippen molar-refractivity contribution in [3.63, 3.8) is 0 Å². The van der Waals surface area contributed by atoms with Gasteiger partial charge in [-0.15, -0.1) is 0 Å². The number of hydrogen-bond acceptors (Lipinski definition) is 2. The van der Waals surface area contributed by atoms with Gasteiger partial charge in [0.25, 0.3) is 0 Å². The van der Waals surface area contributed by atoms with Crippen molar-refractivity contribution in [1.82, 2.24) is 0 Å². The van der Waals surface area contributed by atoms with E-state index < -0.39 is 11.6 Å². The molecule has 0 bridgehead atoms. The number of halogens is 2. The van der Waals surface area contributed by atoms with Gasteiger partial charge in [-0.2, -0.15) is 0 Å². The van der Waals surface area contributed by atoms with Crippen molar-refractivity contribution in [2.24, 2.45) is 0 Å². The number of nitrogens with two attached hydrogens (primary N) is 1. The molecule has 0 saturated heterocycles. The molecule has 94 valence electrons. The molecule has 2 N–H and O–H groups in total. The summed E-state index contributed by atoms with van der Waals surface area (Å²) in [6, 6.07) is 9.01. The molecular weight excluding hydrogens is 236 g/mol. The standard InChI is InChI=1S/C14H13F2NO/c1-9-3-2-4-13(14(9)16)18-8-10-5-11(15)7-12(17)6-10/h2-7H,8,17H2,1H3. The zero-order valence-corrected chi connectivity index (χ0v) is 9.91. The highest BCUT2D eigenvalue weighted by molar-refractivity contribution is 5.41. The van der Waals surface area contributed by atoms with E-state index in [0.717, 1.165) is 0 Å². The number of ether oxygens (including phenoxy) is 1. The number of hydrogen-bond donors (Lipinski definition) is 1. The van der Waals surface area contributed by atoms with Gasteiger partial charge in [-0.05, 0) is 42.3 Å². The number of anilines is 1. The Balaban J connectivity index is 2.14. The van der Waals surface area contributed by atoms with Crippen molar-refractivity contribution in [3.05, 3.63) is 59.2 Å². The van der Waals surface area contributed by atoms with Crippen LogP contribution in [0, 0.1) is 18.6 Å². The molecule has 0 aliphatic carbocycles. The topological polar surface area (TPSA) is 35.2 Å². The monoisotopic (exact) mass is 249 g/mol. The average Bonchev–Trinajstić information content (AvgIpc) is 2.30. The maximum absolute atomic E-state index is 13.6. The van der Waals surface area contributed by atoms with E-state index in [4.69, 9.17) is 10.5 Å². The van der Waals surface area contributed by atoms with E-state index in [1.807, 2.05) is 0 Å². The second-order valence-electron chi connectivity index (χ2n) is 4.07. The van der Waals surface area contributed by atoms with Crippen LogP contribution in [-0.4, -0.2) is 0 Å². The van der Waals surface area contributed by atoms with E-state index >= 15 is 0 Å². The van der Waals surface area contributed by atoms with Gasteiger partial charge in [0.1, 0.15) is 12.4 Å². The minimum Gasteiger partial charge on any atom is -0.486 e. The Morgan fingerprint density at radius 2 is 1.94 bits per heavy atom. The van der Waals surface area contributed by atoms with Crippen molar-refractivity contribution >= 4 is 5.69 Å². The highest BCUT2D eigenvalue weighted by Crippen LogP contribution is 2.21. The molecule has 0 fully saturated rings. The van der Waals surface area contributed by atoms with E-state index in [2.05, 4.69) is 0 Å². The Morgan fingerprint density at radius 1 is 1.17 bits per heavy atom. The zero-order chi connectivity index (χ0) is 13.1. The third-order valence-corrected chi connectivity index (χ3v) is 2.53. The second kappa shape index (κ2) is 5.04. The maximum Gasteiger partial charge on any atom is 0.167 e. The molecule has 4 heteroatoms. The molecule has 0 aliphatic heterocycles. The number of aryl methyl sites for hydroxylation is 1. The van der Waals surface area contributed by atoms with Gasteiger partial charge >= 0.3 is 0 Å².